The molecule has 0 radical (unpaired) electrons. The molecule has 0 aliphatic carbocycles. The highest BCUT2D eigenvalue weighted by atomic mass is 35.5. The molecule has 0 fully saturated rings. The smallest absolute Gasteiger partial charge is 0.211 e. The van der Waals surface area contributed by atoms with E-state index >= 15 is 0 Å². The Balaban J connectivity index is 2.14. The van der Waals surface area contributed by atoms with Crippen LogP contribution in [0.1, 0.15) is 36.9 Å². The highest BCUT2D eigenvalue weighted by Crippen LogP contribution is 2.30. The molecule has 0 heterocycles. The van der Waals surface area contributed by atoms with Gasteiger partial charge in [-0.15, -0.1) is 0 Å². The number of carbonyl (C=O) groups is 1. The molecule has 0 aliphatic heterocycles. The van der Waals surface area contributed by atoms with Crippen molar-refractivity contribution >= 4 is 35.3 Å². The van der Waals surface area contributed by atoms with Gasteiger partial charge in [0.05, 0.1) is 10.0 Å². The summed E-state index contributed by atoms with van der Waals surface area (Å²) in [5.74, 6) is -1.16. The molecule has 0 saturated heterocycles. The lowest BCUT2D eigenvalue weighted by molar-refractivity contribution is -0.105. The van der Waals surface area contributed by atoms with E-state index in [0.29, 0.717) is 29.8 Å². The lowest BCUT2D eigenvalue weighted by Crippen LogP contribution is -2.25. The molecule has 3 nitrogen and oxygen atoms in total. The summed E-state index contributed by atoms with van der Waals surface area (Å²) in [5, 5.41) is 5.73. The third-order valence-corrected chi connectivity index (χ3v) is 4.60. The van der Waals surface area contributed by atoms with Crippen molar-refractivity contribution in [1.82, 2.24) is 5.32 Å². The van der Waals surface area contributed by atoms with Crippen LogP contribution in [-0.2, 0) is 4.79 Å². The summed E-state index contributed by atoms with van der Waals surface area (Å²) in [6, 6.07) is 7.21. The van der Waals surface area contributed by atoms with Crippen LogP contribution in [0.2, 0.25) is 10.0 Å². The van der Waals surface area contributed by atoms with E-state index in [1.54, 1.807) is 12.1 Å². The third kappa shape index (κ3) is 4.69. The van der Waals surface area contributed by atoms with Crippen LogP contribution >= 0.6 is 23.2 Å². The highest BCUT2D eigenvalue weighted by Gasteiger charge is 2.17. The molecule has 0 spiro atoms. The van der Waals surface area contributed by atoms with Crippen LogP contribution in [0.5, 0.6) is 0 Å². The Hall–Kier alpha value is -1.69. The topological polar surface area (TPSA) is 41.1 Å². The first kappa shape index (κ1) is 19.6. The maximum Gasteiger partial charge on any atom is 0.211 e. The number of amides is 1. The first-order chi connectivity index (χ1) is 11.8. The van der Waals surface area contributed by atoms with Gasteiger partial charge in [-0.2, -0.15) is 0 Å². The van der Waals surface area contributed by atoms with Crippen molar-refractivity contribution in [3.63, 3.8) is 0 Å². The fourth-order valence-corrected chi connectivity index (χ4v) is 2.93. The van der Waals surface area contributed by atoms with Gasteiger partial charge in [-0.1, -0.05) is 42.3 Å². The number of nitrogens with one attached hydrogen (secondary N) is 2. The van der Waals surface area contributed by atoms with Gasteiger partial charge in [0.25, 0.3) is 0 Å². The number of carbonyl (C=O) groups excluding carboxylic acids is 1. The summed E-state index contributed by atoms with van der Waals surface area (Å²) >= 11 is 11.6. The van der Waals surface area contributed by atoms with Gasteiger partial charge in [-0.3, -0.25) is 4.79 Å². The molecule has 0 saturated carbocycles. The second kappa shape index (κ2) is 8.61. The number of halogens is 4. The van der Waals surface area contributed by atoms with Crippen LogP contribution in [0.15, 0.2) is 30.3 Å². The van der Waals surface area contributed by atoms with Crippen LogP contribution in [-0.4, -0.2) is 13.0 Å². The number of benzene rings is 2. The zero-order valence-electron chi connectivity index (χ0n) is 13.7. The van der Waals surface area contributed by atoms with Crippen molar-refractivity contribution < 1.29 is 13.6 Å². The minimum absolute atomic E-state index is 0.0744. The molecule has 0 aliphatic rings. The number of rotatable bonds is 7. The quantitative estimate of drug-likeness (QED) is 0.634. The van der Waals surface area contributed by atoms with E-state index in [1.165, 1.54) is 18.2 Å². The molecule has 1 amide bonds. The van der Waals surface area contributed by atoms with E-state index < -0.39 is 11.6 Å². The van der Waals surface area contributed by atoms with Crippen molar-refractivity contribution in [2.24, 2.45) is 0 Å². The Morgan fingerprint density at radius 3 is 2.52 bits per heavy atom. The molecule has 2 N–H and O–H groups in total. The Morgan fingerprint density at radius 1 is 1.12 bits per heavy atom. The number of anilines is 1. The first-order valence-corrected chi connectivity index (χ1v) is 8.47. The van der Waals surface area contributed by atoms with Crippen LogP contribution in [0.25, 0.3) is 0 Å². The standard InChI is InChI=1S/C18H18Cl2F2N2O/c1-10(12-4-3-5-14(19)18(12)22)8-23-11(2)13-6-16(21)15(20)7-17(13)24-9-25/h3-7,9-11,23H,8H2,1-2H3,(H,24,25). The monoisotopic (exact) mass is 386 g/mol. The Bertz CT molecular complexity index is 771. The Morgan fingerprint density at radius 2 is 1.84 bits per heavy atom. The van der Waals surface area contributed by atoms with E-state index in [2.05, 4.69) is 10.6 Å². The molecule has 134 valence electrons. The summed E-state index contributed by atoms with van der Waals surface area (Å²) in [5.41, 5.74) is 1.47. The van der Waals surface area contributed by atoms with Gasteiger partial charge in [0.2, 0.25) is 6.41 Å². The fourth-order valence-electron chi connectivity index (χ4n) is 2.58. The zero-order valence-corrected chi connectivity index (χ0v) is 15.3. The van der Waals surface area contributed by atoms with E-state index in [1.807, 2.05) is 13.8 Å². The molecule has 2 atom stereocenters. The van der Waals surface area contributed by atoms with E-state index in [0.717, 1.165) is 0 Å². The fraction of sp³-hybridized carbons (Fsp3) is 0.278. The second-order valence-corrected chi connectivity index (χ2v) is 6.60. The second-order valence-electron chi connectivity index (χ2n) is 5.79. The summed E-state index contributed by atoms with van der Waals surface area (Å²) in [7, 11) is 0. The van der Waals surface area contributed by atoms with Gasteiger partial charge < -0.3 is 10.6 Å². The lowest BCUT2D eigenvalue weighted by atomic mass is 9.99. The average Bonchev–Trinajstić information content (AvgIpc) is 2.58. The lowest BCUT2D eigenvalue weighted by Gasteiger charge is -2.21. The molecular formula is C18H18Cl2F2N2O. The van der Waals surface area contributed by atoms with Gasteiger partial charge in [0, 0.05) is 18.3 Å². The molecule has 25 heavy (non-hydrogen) atoms. The molecular weight excluding hydrogens is 369 g/mol. The number of hydrogen-bond donors (Lipinski definition) is 2. The molecule has 2 aromatic rings. The minimum atomic E-state index is -0.573. The van der Waals surface area contributed by atoms with E-state index in [4.69, 9.17) is 23.2 Å². The van der Waals surface area contributed by atoms with E-state index in [9.17, 15) is 13.6 Å². The summed E-state index contributed by atoms with van der Waals surface area (Å²) in [6.45, 7) is 4.12. The normalized spacial score (nSPS) is 13.4. The van der Waals surface area contributed by atoms with Crippen LogP contribution < -0.4 is 10.6 Å². The molecule has 0 bridgehead atoms. The van der Waals surface area contributed by atoms with Crippen molar-refractivity contribution in [2.75, 3.05) is 11.9 Å². The van der Waals surface area contributed by atoms with Gasteiger partial charge in [0.1, 0.15) is 11.6 Å². The van der Waals surface area contributed by atoms with E-state index in [-0.39, 0.29) is 22.0 Å². The minimum Gasteiger partial charge on any atom is -0.328 e. The summed E-state index contributed by atoms with van der Waals surface area (Å²) in [6.07, 6.45) is 0.504. The Labute approximate surface area is 155 Å². The maximum absolute atomic E-state index is 14.1. The van der Waals surface area contributed by atoms with Crippen molar-refractivity contribution in [3.8, 4) is 0 Å². The summed E-state index contributed by atoms with van der Waals surface area (Å²) in [4.78, 5) is 10.7. The van der Waals surface area contributed by atoms with Crippen LogP contribution in [0.3, 0.4) is 0 Å². The average molecular weight is 387 g/mol. The maximum atomic E-state index is 14.1. The SMILES string of the molecule is CC(CNC(C)c1cc(F)c(Cl)cc1NC=O)c1cccc(Cl)c1F. The molecule has 2 rings (SSSR count). The predicted molar refractivity (Wildman–Crippen MR) is 97.3 cm³/mol. The van der Waals surface area contributed by atoms with Gasteiger partial charge in [0.15, 0.2) is 0 Å². The van der Waals surface area contributed by atoms with Gasteiger partial charge in [-0.25, -0.2) is 8.78 Å². The van der Waals surface area contributed by atoms with Crippen LogP contribution in [0, 0.1) is 11.6 Å². The first-order valence-electron chi connectivity index (χ1n) is 7.71. The van der Waals surface area contributed by atoms with Gasteiger partial charge in [-0.05, 0) is 42.2 Å². The third-order valence-electron chi connectivity index (χ3n) is 4.02. The largest absolute Gasteiger partial charge is 0.328 e. The predicted octanol–water partition coefficient (Wildman–Crippen LogP) is 5.29. The van der Waals surface area contributed by atoms with Gasteiger partial charge >= 0.3 is 0 Å². The summed E-state index contributed by atoms with van der Waals surface area (Å²) < 4.78 is 27.9. The zero-order chi connectivity index (χ0) is 18.6. The Kier molecular flexibility index (Phi) is 6.76. The highest BCUT2D eigenvalue weighted by molar-refractivity contribution is 6.31. The van der Waals surface area contributed by atoms with Crippen LogP contribution in [0.4, 0.5) is 14.5 Å². The molecule has 7 heteroatoms. The molecule has 0 aromatic heterocycles. The van der Waals surface area contributed by atoms with Crippen molar-refractivity contribution in [3.05, 3.63) is 63.1 Å². The molecule has 2 aromatic carbocycles. The van der Waals surface area contributed by atoms with Crippen molar-refractivity contribution in [2.45, 2.75) is 25.8 Å². The van der Waals surface area contributed by atoms with Crippen molar-refractivity contribution in [1.29, 1.82) is 0 Å². The molecule has 2 unspecified atom stereocenters. The number of hydrogen-bond acceptors (Lipinski definition) is 2.